The van der Waals surface area contributed by atoms with E-state index in [1.165, 1.54) is 11.7 Å². The molecule has 15 heteroatoms. The number of nitrogens with one attached hydrogen (secondary N) is 3. The molecule has 6 N–H and O–H groups in total. The van der Waals surface area contributed by atoms with Crippen LogP contribution in [0.25, 0.3) is 0 Å². The summed E-state index contributed by atoms with van der Waals surface area (Å²) < 4.78 is 23.9. The molecular formula is C10H11N7O5S3. The van der Waals surface area contributed by atoms with Crippen LogP contribution in [0.3, 0.4) is 0 Å². The molecule has 1 amide bonds. The molecule has 12 nitrogen and oxygen atoms in total. The molecule has 0 saturated carbocycles. The maximum Gasteiger partial charge on any atom is 0.357 e. The fraction of sp³-hybridized carbons (Fsp3) is 0.100. The van der Waals surface area contributed by atoms with Crippen LogP contribution in [-0.4, -0.2) is 47.9 Å². The van der Waals surface area contributed by atoms with Gasteiger partial charge in [0.15, 0.2) is 16.8 Å². The first-order valence-corrected chi connectivity index (χ1v) is 9.07. The largest absolute Gasteiger partial charge is 0.476 e. The monoisotopic (exact) mass is 405 g/mol. The molecule has 0 fully saturated rings. The minimum Gasteiger partial charge on any atom is -0.476 e. The van der Waals surface area contributed by atoms with Crippen LogP contribution in [0.5, 0.6) is 0 Å². The van der Waals surface area contributed by atoms with Crippen molar-refractivity contribution in [2.24, 2.45) is 5.73 Å². The molecule has 25 heavy (non-hydrogen) atoms. The number of carboxylic acids is 1. The molecule has 0 saturated heterocycles. The van der Waals surface area contributed by atoms with Crippen LogP contribution in [0, 0.1) is 5.41 Å². The van der Waals surface area contributed by atoms with Crippen molar-refractivity contribution in [3.8, 4) is 0 Å². The molecule has 2 aromatic rings. The van der Waals surface area contributed by atoms with E-state index in [1.54, 1.807) is 0 Å². The van der Waals surface area contributed by atoms with Crippen molar-refractivity contribution >= 4 is 66.5 Å². The van der Waals surface area contributed by atoms with Crippen LogP contribution < -0.4 is 20.7 Å². The van der Waals surface area contributed by atoms with E-state index in [9.17, 15) is 18.0 Å². The van der Waals surface area contributed by atoms with Gasteiger partial charge in [-0.05, 0) is 0 Å². The number of carboxylic acid groups (broad SMARTS) is 1. The Morgan fingerprint density at radius 1 is 1.40 bits per heavy atom. The van der Waals surface area contributed by atoms with E-state index in [-0.39, 0.29) is 27.6 Å². The number of nitrogens with two attached hydrogens (primary N) is 1. The molecule has 0 unspecified atom stereocenters. The third-order valence-electron chi connectivity index (χ3n) is 2.49. The van der Waals surface area contributed by atoms with Gasteiger partial charge < -0.3 is 21.5 Å². The molecule has 0 aromatic carbocycles. The van der Waals surface area contributed by atoms with Gasteiger partial charge in [0.25, 0.3) is 0 Å². The van der Waals surface area contributed by atoms with Crippen molar-refractivity contribution < 1.29 is 23.1 Å². The van der Waals surface area contributed by atoms with Gasteiger partial charge in [0.05, 0.1) is 18.3 Å². The topological polar surface area (TPSA) is 191 Å². The highest BCUT2D eigenvalue weighted by Crippen LogP contribution is 2.36. The maximum absolute atomic E-state index is 11.6. The van der Waals surface area contributed by atoms with Gasteiger partial charge in [-0.15, -0.1) is 11.3 Å². The van der Waals surface area contributed by atoms with E-state index < -0.39 is 28.5 Å². The van der Waals surface area contributed by atoms with Gasteiger partial charge in [-0.1, -0.05) is 11.3 Å². The summed E-state index contributed by atoms with van der Waals surface area (Å²) in [4.78, 5) is 30.3. The fourth-order valence-electron chi connectivity index (χ4n) is 1.55. The lowest BCUT2D eigenvalue weighted by Crippen LogP contribution is -2.36. The molecule has 0 spiro atoms. The second-order valence-electron chi connectivity index (χ2n) is 4.18. The first-order valence-electron chi connectivity index (χ1n) is 6.24. The molecule has 134 valence electrons. The van der Waals surface area contributed by atoms with E-state index in [4.69, 9.17) is 16.2 Å². The first-order chi connectivity index (χ1) is 11.8. The zero-order valence-corrected chi connectivity index (χ0v) is 14.7. The molecular weight excluding hydrogens is 394 g/mol. The Morgan fingerprint density at radius 2 is 2.12 bits per heavy atom. The number of rotatable bonds is 7. The van der Waals surface area contributed by atoms with Crippen molar-refractivity contribution in [2.75, 3.05) is 16.2 Å². The smallest absolute Gasteiger partial charge is 0.357 e. The highest BCUT2D eigenvalue weighted by atomic mass is 32.2. The first kappa shape index (κ1) is 18.6. The van der Waals surface area contributed by atoms with Crippen LogP contribution in [0.2, 0.25) is 0 Å². The highest BCUT2D eigenvalue weighted by molar-refractivity contribution is 7.75. The second-order valence-corrected chi connectivity index (χ2v) is 6.90. The van der Waals surface area contributed by atoms with Crippen molar-refractivity contribution in [3.05, 3.63) is 17.4 Å². The number of thiol groups is 1. The SMILES string of the molecule is N=C(N)NCC(=O)Nc1ncc(N(c2scnc2C(=O)O)[SH](=O)=O)s1. The molecule has 0 aliphatic rings. The lowest BCUT2D eigenvalue weighted by Gasteiger charge is -2.12. The van der Waals surface area contributed by atoms with E-state index in [0.29, 0.717) is 0 Å². The van der Waals surface area contributed by atoms with Gasteiger partial charge in [-0.3, -0.25) is 10.2 Å². The Morgan fingerprint density at radius 3 is 2.72 bits per heavy atom. The number of aromatic nitrogens is 2. The zero-order valence-electron chi connectivity index (χ0n) is 12.1. The number of aromatic carboxylic acids is 1. The number of hydrogen-bond acceptors (Lipinski definition) is 9. The molecule has 0 aliphatic heterocycles. The van der Waals surface area contributed by atoms with Gasteiger partial charge in [-0.25, -0.2) is 27.5 Å². The Kier molecular flexibility index (Phi) is 5.84. The summed E-state index contributed by atoms with van der Waals surface area (Å²) in [7, 11) is -3.21. The molecule has 2 aromatic heterocycles. The summed E-state index contributed by atoms with van der Waals surface area (Å²) >= 11 is 1.66. The highest BCUT2D eigenvalue weighted by Gasteiger charge is 2.24. The lowest BCUT2D eigenvalue weighted by molar-refractivity contribution is -0.115. The molecule has 0 aliphatic carbocycles. The van der Waals surface area contributed by atoms with Gasteiger partial charge in [-0.2, -0.15) is 0 Å². The Hall–Kier alpha value is -2.78. The Bertz CT molecular complexity index is 881. The normalized spacial score (nSPS) is 10.4. The average Bonchev–Trinajstić information content (AvgIpc) is 3.15. The molecule has 2 heterocycles. The number of carbonyl (C=O) groups excluding carboxylic acids is 1. The van der Waals surface area contributed by atoms with Crippen LogP contribution in [0.15, 0.2) is 11.7 Å². The third-order valence-corrected chi connectivity index (χ3v) is 5.22. The average molecular weight is 405 g/mol. The number of guanidine groups is 1. The maximum atomic E-state index is 11.6. The van der Waals surface area contributed by atoms with Crippen LogP contribution >= 0.6 is 22.7 Å². The fourth-order valence-corrected chi connectivity index (χ4v) is 4.19. The van der Waals surface area contributed by atoms with Gasteiger partial charge in [0.1, 0.15) is 10.0 Å². The van der Waals surface area contributed by atoms with Crippen LogP contribution in [0.4, 0.5) is 15.1 Å². The third kappa shape index (κ3) is 4.61. The van der Waals surface area contributed by atoms with E-state index in [2.05, 4.69) is 20.6 Å². The number of anilines is 3. The summed E-state index contributed by atoms with van der Waals surface area (Å²) in [6.07, 6.45) is 1.18. The molecule has 0 atom stereocenters. The minimum atomic E-state index is -3.21. The van der Waals surface area contributed by atoms with Crippen LogP contribution in [-0.2, 0) is 15.7 Å². The van der Waals surface area contributed by atoms with Crippen LogP contribution in [0.1, 0.15) is 10.5 Å². The summed E-state index contributed by atoms with van der Waals surface area (Å²) in [6, 6.07) is 0. The van der Waals surface area contributed by atoms with Crippen molar-refractivity contribution in [2.45, 2.75) is 0 Å². The number of hydrogen-bond donors (Lipinski definition) is 6. The summed E-state index contributed by atoms with van der Waals surface area (Å²) in [5.74, 6) is -2.29. The minimum absolute atomic E-state index is 0.0812. The number of thiazole rings is 2. The predicted molar refractivity (Wildman–Crippen MR) is 92.2 cm³/mol. The summed E-state index contributed by atoms with van der Waals surface area (Å²) in [6.45, 7) is -0.262. The van der Waals surface area contributed by atoms with E-state index >= 15 is 0 Å². The molecule has 0 radical (unpaired) electrons. The van der Waals surface area contributed by atoms with E-state index in [1.807, 2.05) is 0 Å². The standard InChI is InChI=1S/C10H11N7O5S3/c11-9(12)13-1-4(18)16-10-14-2-5(24-10)17(25(21)22)7-6(8(19)20)15-3-23-7/h2-3,25H,1H2,(H,19,20)(H4,11,12,13)(H,14,16,18). The second kappa shape index (κ2) is 7.86. The summed E-state index contributed by atoms with van der Waals surface area (Å²) in [5.41, 5.74) is 5.86. The van der Waals surface area contributed by atoms with Crippen molar-refractivity contribution in [1.29, 1.82) is 5.41 Å². The number of carbonyl (C=O) groups is 2. The van der Waals surface area contributed by atoms with Crippen molar-refractivity contribution in [1.82, 2.24) is 15.3 Å². The summed E-state index contributed by atoms with van der Waals surface area (Å²) in [5, 5.41) is 20.8. The Balaban J connectivity index is 2.23. The van der Waals surface area contributed by atoms with Gasteiger partial charge in [0, 0.05) is 0 Å². The molecule has 0 bridgehead atoms. The molecule has 2 rings (SSSR count). The zero-order chi connectivity index (χ0) is 18.6. The number of amides is 1. The predicted octanol–water partition coefficient (Wildman–Crippen LogP) is -0.616. The Labute approximate surface area is 149 Å². The van der Waals surface area contributed by atoms with Gasteiger partial charge >= 0.3 is 5.97 Å². The van der Waals surface area contributed by atoms with E-state index in [0.717, 1.165) is 27.0 Å². The quantitative estimate of drug-likeness (QED) is 0.198. The van der Waals surface area contributed by atoms with Crippen molar-refractivity contribution in [3.63, 3.8) is 0 Å². The number of nitrogens with zero attached hydrogens (tertiary/aromatic N) is 3. The lowest BCUT2D eigenvalue weighted by atomic mass is 10.4. The van der Waals surface area contributed by atoms with Gasteiger partial charge in [0.2, 0.25) is 16.8 Å².